The third-order valence-electron chi connectivity index (χ3n) is 3.92. The molecule has 2 rings (SSSR count). The molecule has 24 heavy (non-hydrogen) atoms. The first kappa shape index (κ1) is 18.5. The minimum Gasteiger partial charge on any atom is -0.544 e. The number of hydrogen-bond acceptors (Lipinski definition) is 1. The van der Waals surface area contributed by atoms with Crippen LogP contribution in [0.5, 0.6) is 0 Å². The van der Waals surface area contributed by atoms with E-state index in [2.05, 4.69) is 93.3 Å². The SMILES string of the molecule is CCCCC(/C=C(\O[Si](C)(C)C)c1ccccc1)c1ccccc1. The van der Waals surface area contributed by atoms with E-state index in [-0.39, 0.29) is 0 Å². The fraction of sp³-hybridized carbons (Fsp3) is 0.364. The van der Waals surface area contributed by atoms with Crippen molar-refractivity contribution in [3.63, 3.8) is 0 Å². The number of rotatable bonds is 8. The first-order valence-corrected chi connectivity index (χ1v) is 12.4. The molecule has 0 saturated carbocycles. The molecule has 0 spiro atoms. The molecule has 0 aliphatic carbocycles. The first-order valence-electron chi connectivity index (χ1n) is 9.01. The third kappa shape index (κ3) is 6.01. The molecule has 0 N–H and O–H groups in total. The van der Waals surface area contributed by atoms with Crippen molar-refractivity contribution < 1.29 is 4.43 Å². The summed E-state index contributed by atoms with van der Waals surface area (Å²) >= 11 is 0. The first-order chi connectivity index (χ1) is 11.5. The summed E-state index contributed by atoms with van der Waals surface area (Å²) in [7, 11) is -1.67. The lowest BCUT2D eigenvalue weighted by molar-refractivity contribution is 0.508. The second-order valence-electron chi connectivity index (χ2n) is 7.27. The van der Waals surface area contributed by atoms with Crippen molar-refractivity contribution >= 4 is 14.1 Å². The maximum atomic E-state index is 6.46. The van der Waals surface area contributed by atoms with Gasteiger partial charge in [0.25, 0.3) is 0 Å². The van der Waals surface area contributed by atoms with Crippen LogP contribution in [0.2, 0.25) is 19.6 Å². The molecule has 1 unspecified atom stereocenters. The highest BCUT2D eigenvalue weighted by atomic mass is 28.4. The molecule has 2 heteroatoms. The maximum Gasteiger partial charge on any atom is 0.242 e. The van der Waals surface area contributed by atoms with E-state index in [0.717, 1.165) is 12.2 Å². The van der Waals surface area contributed by atoms with Crippen LogP contribution in [0.15, 0.2) is 66.7 Å². The van der Waals surface area contributed by atoms with Crippen molar-refractivity contribution in [3.8, 4) is 0 Å². The van der Waals surface area contributed by atoms with E-state index in [0.29, 0.717) is 5.92 Å². The monoisotopic (exact) mass is 338 g/mol. The summed E-state index contributed by atoms with van der Waals surface area (Å²) in [5.41, 5.74) is 2.55. The van der Waals surface area contributed by atoms with Gasteiger partial charge in [-0.2, -0.15) is 0 Å². The average molecular weight is 339 g/mol. The minimum atomic E-state index is -1.67. The molecule has 2 aromatic rings. The lowest BCUT2D eigenvalue weighted by atomic mass is 9.92. The van der Waals surface area contributed by atoms with Crippen molar-refractivity contribution in [2.45, 2.75) is 51.7 Å². The highest BCUT2D eigenvalue weighted by Gasteiger charge is 2.20. The largest absolute Gasteiger partial charge is 0.544 e. The summed E-state index contributed by atoms with van der Waals surface area (Å²) in [5, 5.41) is 0. The third-order valence-corrected chi connectivity index (χ3v) is 4.76. The molecule has 0 fully saturated rings. The van der Waals surface area contributed by atoms with Gasteiger partial charge in [-0.05, 0) is 37.7 Å². The van der Waals surface area contributed by atoms with E-state index >= 15 is 0 Å². The molecule has 1 nitrogen and oxygen atoms in total. The van der Waals surface area contributed by atoms with Gasteiger partial charge < -0.3 is 4.43 Å². The van der Waals surface area contributed by atoms with Crippen LogP contribution >= 0.6 is 0 Å². The Balaban J connectivity index is 2.39. The smallest absolute Gasteiger partial charge is 0.242 e. The topological polar surface area (TPSA) is 9.23 Å². The van der Waals surface area contributed by atoms with E-state index in [1.54, 1.807) is 0 Å². The Bertz CT molecular complexity index is 626. The van der Waals surface area contributed by atoms with E-state index in [4.69, 9.17) is 4.43 Å². The molecule has 0 aliphatic rings. The molecule has 1 atom stereocenters. The van der Waals surface area contributed by atoms with Crippen LogP contribution in [-0.2, 0) is 4.43 Å². The molecular weight excluding hydrogens is 308 g/mol. The predicted molar refractivity (Wildman–Crippen MR) is 108 cm³/mol. The fourth-order valence-electron chi connectivity index (χ4n) is 2.77. The summed E-state index contributed by atoms with van der Waals surface area (Å²) < 4.78 is 6.46. The molecule has 0 radical (unpaired) electrons. The average Bonchev–Trinajstić information content (AvgIpc) is 2.58. The van der Waals surface area contributed by atoms with Gasteiger partial charge in [-0.3, -0.25) is 0 Å². The van der Waals surface area contributed by atoms with Gasteiger partial charge in [-0.25, -0.2) is 0 Å². The number of allylic oxidation sites excluding steroid dienone is 1. The lowest BCUT2D eigenvalue weighted by Crippen LogP contribution is -2.24. The maximum absolute atomic E-state index is 6.46. The van der Waals surface area contributed by atoms with E-state index < -0.39 is 8.32 Å². The Hall–Kier alpha value is -1.80. The summed E-state index contributed by atoms with van der Waals surface area (Å²) in [6, 6.07) is 21.3. The Morgan fingerprint density at radius 2 is 1.54 bits per heavy atom. The summed E-state index contributed by atoms with van der Waals surface area (Å²) in [6.45, 7) is 8.98. The normalized spacial score (nSPS) is 13.6. The van der Waals surface area contributed by atoms with Gasteiger partial charge in [0, 0.05) is 11.5 Å². The molecule has 0 aliphatic heterocycles. The van der Waals surface area contributed by atoms with Crippen LogP contribution in [0.1, 0.15) is 43.2 Å². The zero-order valence-corrected chi connectivity index (χ0v) is 16.5. The van der Waals surface area contributed by atoms with Gasteiger partial charge in [-0.15, -0.1) is 0 Å². The van der Waals surface area contributed by atoms with Crippen molar-refractivity contribution in [2.75, 3.05) is 0 Å². The molecule has 128 valence electrons. The fourth-order valence-corrected chi connectivity index (χ4v) is 3.62. The van der Waals surface area contributed by atoms with Crippen LogP contribution in [0, 0.1) is 0 Å². The molecular formula is C22H30OSi. The molecule has 0 aromatic heterocycles. The number of benzene rings is 2. The predicted octanol–water partition coefficient (Wildman–Crippen LogP) is 6.85. The second-order valence-corrected chi connectivity index (χ2v) is 11.7. The zero-order chi connectivity index (χ0) is 17.4. The minimum absolute atomic E-state index is 0.401. The number of unbranched alkanes of at least 4 members (excludes halogenated alkanes) is 1. The van der Waals surface area contributed by atoms with Crippen LogP contribution in [0.4, 0.5) is 0 Å². The highest BCUT2D eigenvalue weighted by Crippen LogP contribution is 2.30. The summed E-state index contributed by atoms with van der Waals surface area (Å²) in [6.07, 6.45) is 5.95. The second kappa shape index (κ2) is 8.88. The number of hydrogen-bond donors (Lipinski definition) is 0. The van der Waals surface area contributed by atoms with Gasteiger partial charge in [0.2, 0.25) is 8.32 Å². The molecule has 2 aromatic carbocycles. The van der Waals surface area contributed by atoms with Gasteiger partial charge >= 0.3 is 0 Å². The van der Waals surface area contributed by atoms with Gasteiger partial charge in [0.05, 0.1) is 0 Å². The summed E-state index contributed by atoms with van der Waals surface area (Å²) in [4.78, 5) is 0. The Morgan fingerprint density at radius 1 is 0.958 bits per heavy atom. The van der Waals surface area contributed by atoms with Crippen LogP contribution in [0.3, 0.4) is 0 Å². The Morgan fingerprint density at radius 3 is 2.08 bits per heavy atom. The Labute approximate surface area is 148 Å². The Kier molecular flexibility index (Phi) is 6.86. The van der Waals surface area contributed by atoms with E-state index in [9.17, 15) is 0 Å². The van der Waals surface area contributed by atoms with Crippen molar-refractivity contribution in [1.29, 1.82) is 0 Å². The van der Waals surface area contributed by atoms with Crippen molar-refractivity contribution in [3.05, 3.63) is 77.9 Å². The van der Waals surface area contributed by atoms with Gasteiger partial charge in [0.1, 0.15) is 5.76 Å². The van der Waals surface area contributed by atoms with Crippen molar-refractivity contribution in [1.82, 2.24) is 0 Å². The molecule has 0 bridgehead atoms. The molecule has 0 heterocycles. The van der Waals surface area contributed by atoms with Gasteiger partial charge in [0.15, 0.2) is 0 Å². The molecule has 0 amide bonds. The molecule has 0 saturated heterocycles. The quantitative estimate of drug-likeness (QED) is 0.377. The van der Waals surface area contributed by atoms with E-state index in [1.807, 2.05) is 0 Å². The van der Waals surface area contributed by atoms with E-state index in [1.165, 1.54) is 24.0 Å². The highest BCUT2D eigenvalue weighted by molar-refractivity contribution is 6.70. The van der Waals surface area contributed by atoms with Gasteiger partial charge in [-0.1, -0.05) is 80.4 Å². The lowest BCUT2D eigenvalue weighted by Gasteiger charge is -2.24. The van der Waals surface area contributed by atoms with Crippen molar-refractivity contribution in [2.24, 2.45) is 0 Å². The van der Waals surface area contributed by atoms with Crippen LogP contribution in [0.25, 0.3) is 5.76 Å². The van der Waals surface area contributed by atoms with Crippen LogP contribution < -0.4 is 0 Å². The standard InChI is InChI=1S/C22H30OSi/c1-5-6-13-21(19-14-9-7-10-15-19)18-22(23-24(2,3)4)20-16-11-8-12-17-20/h7-12,14-18,21H,5-6,13H2,1-4H3/b22-18-. The zero-order valence-electron chi connectivity index (χ0n) is 15.5. The summed E-state index contributed by atoms with van der Waals surface area (Å²) in [5.74, 6) is 1.44. The van der Waals surface area contributed by atoms with Crippen LogP contribution in [-0.4, -0.2) is 8.32 Å².